The fourth-order valence-corrected chi connectivity index (χ4v) is 2.84. The van der Waals surface area contributed by atoms with E-state index >= 15 is 0 Å². The summed E-state index contributed by atoms with van der Waals surface area (Å²) in [5, 5.41) is 15.2. The van der Waals surface area contributed by atoms with Crippen molar-refractivity contribution < 1.29 is 19.5 Å². The second-order valence-corrected chi connectivity index (χ2v) is 6.50. The van der Waals surface area contributed by atoms with Gasteiger partial charge in [-0.05, 0) is 17.7 Å². The van der Waals surface area contributed by atoms with E-state index in [0.29, 0.717) is 16.1 Å². The molecule has 0 saturated carbocycles. The Hall–Kier alpha value is -3.39. The number of aromatic nitrogens is 2. The predicted octanol–water partition coefficient (Wildman–Crippen LogP) is 1.76. The van der Waals surface area contributed by atoms with Crippen LogP contribution >= 0.6 is 11.6 Å². The zero-order valence-corrected chi connectivity index (χ0v) is 15.4. The SMILES string of the molecule is O=C(CNC(=O)c1cc2cc(Cl)ncc2[nH]1)N[C@H](Cc1ccccc1)C(=O)O. The van der Waals surface area contributed by atoms with Gasteiger partial charge in [0.05, 0.1) is 18.3 Å². The molecule has 3 rings (SSSR count). The molecule has 0 saturated heterocycles. The summed E-state index contributed by atoms with van der Waals surface area (Å²) in [4.78, 5) is 42.5. The molecule has 4 N–H and O–H groups in total. The number of benzene rings is 1. The number of halogens is 1. The molecule has 0 fully saturated rings. The van der Waals surface area contributed by atoms with Crippen LogP contribution in [0.25, 0.3) is 10.9 Å². The number of H-pyrrole nitrogens is 1. The summed E-state index contributed by atoms with van der Waals surface area (Å²) >= 11 is 5.82. The summed E-state index contributed by atoms with van der Waals surface area (Å²) in [6.45, 7) is -0.355. The Labute approximate surface area is 164 Å². The van der Waals surface area contributed by atoms with Crippen molar-refractivity contribution >= 4 is 40.3 Å². The number of rotatable bonds is 7. The second-order valence-electron chi connectivity index (χ2n) is 6.11. The zero-order chi connectivity index (χ0) is 20.1. The highest BCUT2D eigenvalue weighted by Gasteiger charge is 2.21. The highest BCUT2D eigenvalue weighted by atomic mass is 35.5. The van der Waals surface area contributed by atoms with Gasteiger partial charge in [-0.15, -0.1) is 0 Å². The number of pyridine rings is 1. The quantitative estimate of drug-likeness (QED) is 0.450. The number of fused-ring (bicyclic) bond motifs is 1. The van der Waals surface area contributed by atoms with E-state index in [4.69, 9.17) is 11.6 Å². The van der Waals surface area contributed by atoms with Crippen molar-refractivity contribution in [2.75, 3.05) is 6.54 Å². The van der Waals surface area contributed by atoms with Gasteiger partial charge in [0.1, 0.15) is 16.9 Å². The predicted molar refractivity (Wildman–Crippen MR) is 103 cm³/mol. The van der Waals surface area contributed by atoms with Crippen LogP contribution in [0.2, 0.25) is 5.15 Å². The van der Waals surface area contributed by atoms with Crippen LogP contribution in [-0.2, 0) is 16.0 Å². The number of aliphatic carboxylic acids is 1. The van der Waals surface area contributed by atoms with Gasteiger partial charge >= 0.3 is 5.97 Å². The lowest BCUT2D eigenvalue weighted by Crippen LogP contribution is -2.46. The van der Waals surface area contributed by atoms with Crippen molar-refractivity contribution in [1.29, 1.82) is 0 Å². The standard InChI is InChI=1S/C19H17ClN4O4/c20-16-8-12-7-13(23-15(12)9-21-16)18(26)22-10-17(25)24-14(19(27)28)6-11-4-2-1-3-5-11/h1-5,7-9,14,23H,6,10H2,(H,22,26)(H,24,25)(H,27,28)/t14-/m1/s1. The number of carbonyl (C=O) groups excluding carboxylic acids is 2. The lowest BCUT2D eigenvalue weighted by Gasteiger charge is -2.15. The van der Waals surface area contributed by atoms with Crippen LogP contribution in [0.1, 0.15) is 16.1 Å². The van der Waals surface area contributed by atoms with Crippen molar-refractivity contribution in [3.05, 3.63) is 65.1 Å². The average Bonchev–Trinajstić information content (AvgIpc) is 3.09. The van der Waals surface area contributed by atoms with Crippen molar-refractivity contribution in [3.8, 4) is 0 Å². The number of amides is 2. The van der Waals surface area contributed by atoms with Gasteiger partial charge in [0, 0.05) is 11.8 Å². The van der Waals surface area contributed by atoms with Gasteiger partial charge in [-0.1, -0.05) is 41.9 Å². The molecule has 2 amide bonds. The first kappa shape index (κ1) is 19.4. The number of carboxylic acids is 1. The number of hydrogen-bond acceptors (Lipinski definition) is 4. The van der Waals surface area contributed by atoms with Gasteiger partial charge < -0.3 is 20.7 Å². The van der Waals surface area contributed by atoms with E-state index in [2.05, 4.69) is 20.6 Å². The molecular weight excluding hydrogens is 384 g/mol. The van der Waals surface area contributed by atoms with E-state index in [0.717, 1.165) is 5.56 Å². The number of nitrogens with zero attached hydrogens (tertiary/aromatic N) is 1. The fraction of sp³-hybridized carbons (Fsp3) is 0.158. The van der Waals surface area contributed by atoms with Crippen LogP contribution in [0.3, 0.4) is 0 Å². The monoisotopic (exact) mass is 400 g/mol. The maximum atomic E-state index is 12.2. The molecule has 1 aromatic carbocycles. The first-order valence-corrected chi connectivity index (χ1v) is 8.79. The Kier molecular flexibility index (Phi) is 5.90. The molecule has 0 bridgehead atoms. The second kappa shape index (κ2) is 8.53. The van der Waals surface area contributed by atoms with E-state index < -0.39 is 23.8 Å². The van der Waals surface area contributed by atoms with E-state index in [9.17, 15) is 19.5 Å². The molecule has 28 heavy (non-hydrogen) atoms. The molecule has 0 unspecified atom stereocenters. The van der Waals surface area contributed by atoms with E-state index in [1.54, 1.807) is 36.4 Å². The van der Waals surface area contributed by atoms with Gasteiger partial charge in [0.15, 0.2) is 0 Å². The molecule has 0 aliphatic heterocycles. The lowest BCUT2D eigenvalue weighted by atomic mass is 10.1. The Morgan fingerprint density at radius 3 is 2.64 bits per heavy atom. The van der Waals surface area contributed by atoms with Crippen molar-refractivity contribution in [2.45, 2.75) is 12.5 Å². The Balaban J connectivity index is 1.57. The van der Waals surface area contributed by atoms with Crippen LogP contribution < -0.4 is 10.6 Å². The number of nitrogens with one attached hydrogen (secondary N) is 3. The molecular formula is C19H17ClN4O4. The molecule has 1 atom stereocenters. The van der Waals surface area contributed by atoms with Crippen molar-refractivity contribution in [1.82, 2.24) is 20.6 Å². The highest BCUT2D eigenvalue weighted by Crippen LogP contribution is 2.17. The highest BCUT2D eigenvalue weighted by molar-refractivity contribution is 6.30. The molecule has 0 aliphatic rings. The summed E-state index contributed by atoms with van der Waals surface area (Å²) in [6.07, 6.45) is 1.65. The third-order valence-corrected chi connectivity index (χ3v) is 4.25. The minimum absolute atomic E-state index is 0.144. The van der Waals surface area contributed by atoms with E-state index in [-0.39, 0.29) is 18.7 Å². The Morgan fingerprint density at radius 2 is 1.93 bits per heavy atom. The first-order chi connectivity index (χ1) is 13.4. The molecule has 3 aromatic rings. The van der Waals surface area contributed by atoms with Gasteiger partial charge in [0.2, 0.25) is 5.91 Å². The number of carboxylic acid groups (broad SMARTS) is 1. The summed E-state index contributed by atoms with van der Waals surface area (Å²) in [7, 11) is 0. The summed E-state index contributed by atoms with van der Waals surface area (Å²) in [5.41, 5.74) is 1.66. The Bertz CT molecular complexity index is 1020. The largest absolute Gasteiger partial charge is 0.480 e. The maximum absolute atomic E-state index is 12.2. The van der Waals surface area contributed by atoms with Gasteiger partial charge in [-0.2, -0.15) is 0 Å². The molecule has 0 spiro atoms. The molecule has 8 nitrogen and oxygen atoms in total. The van der Waals surface area contributed by atoms with Crippen LogP contribution in [0, 0.1) is 0 Å². The lowest BCUT2D eigenvalue weighted by molar-refractivity contribution is -0.141. The summed E-state index contributed by atoms with van der Waals surface area (Å²) in [6, 6.07) is 11.1. The molecule has 0 radical (unpaired) electrons. The van der Waals surface area contributed by atoms with Crippen molar-refractivity contribution in [3.63, 3.8) is 0 Å². The average molecular weight is 401 g/mol. The fourth-order valence-electron chi connectivity index (χ4n) is 2.68. The summed E-state index contributed by atoms with van der Waals surface area (Å²) < 4.78 is 0. The molecule has 2 aromatic heterocycles. The summed E-state index contributed by atoms with van der Waals surface area (Å²) in [5.74, 6) is -2.25. The van der Waals surface area contributed by atoms with Crippen LogP contribution in [0.4, 0.5) is 0 Å². The maximum Gasteiger partial charge on any atom is 0.326 e. The molecule has 144 valence electrons. The van der Waals surface area contributed by atoms with Gasteiger partial charge in [-0.25, -0.2) is 9.78 Å². The number of hydrogen-bond donors (Lipinski definition) is 4. The normalized spacial score (nSPS) is 11.8. The third kappa shape index (κ3) is 4.86. The van der Waals surface area contributed by atoms with Gasteiger partial charge in [0.25, 0.3) is 5.91 Å². The van der Waals surface area contributed by atoms with Gasteiger partial charge in [-0.3, -0.25) is 9.59 Å². The minimum atomic E-state index is -1.15. The minimum Gasteiger partial charge on any atom is -0.480 e. The molecule has 2 heterocycles. The Morgan fingerprint density at radius 1 is 1.18 bits per heavy atom. The first-order valence-electron chi connectivity index (χ1n) is 8.41. The molecule has 0 aliphatic carbocycles. The topological polar surface area (TPSA) is 124 Å². The van der Waals surface area contributed by atoms with E-state index in [1.165, 1.54) is 6.20 Å². The van der Waals surface area contributed by atoms with Crippen LogP contribution in [-0.4, -0.2) is 45.4 Å². The third-order valence-electron chi connectivity index (χ3n) is 4.04. The zero-order valence-electron chi connectivity index (χ0n) is 14.6. The molecule has 9 heteroatoms. The van der Waals surface area contributed by atoms with Crippen LogP contribution in [0.5, 0.6) is 0 Å². The number of carbonyl (C=O) groups is 3. The number of aromatic amines is 1. The van der Waals surface area contributed by atoms with E-state index in [1.807, 2.05) is 6.07 Å². The smallest absolute Gasteiger partial charge is 0.326 e. The van der Waals surface area contributed by atoms with Crippen molar-refractivity contribution in [2.24, 2.45) is 0 Å². The van der Waals surface area contributed by atoms with Crippen LogP contribution in [0.15, 0.2) is 48.7 Å².